The van der Waals surface area contributed by atoms with Crippen LogP contribution in [0.2, 0.25) is 0 Å². The normalized spacial score (nSPS) is 12.8. The third-order valence-electron chi connectivity index (χ3n) is 2.67. The summed E-state index contributed by atoms with van der Waals surface area (Å²) in [6, 6.07) is 9.10. The van der Waals surface area contributed by atoms with Crippen LogP contribution in [-0.4, -0.2) is 25.7 Å². The van der Waals surface area contributed by atoms with Crippen LogP contribution in [0.25, 0.3) is 0 Å². The number of benzene rings is 1. The van der Waals surface area contributed by atoms with E-state index in [4.69, 9.17) is 4.74 Å². The van der Waals surface area contributed by atoms with Gasteiger partial charge < -0.3 is 15.4 Å². The Balaban J connectivity index is 2.39. The van der Waals surface area contributed by atoms with Crippen molar-refractivity contribution in [3.8, 4) is 5.75 Å². The van der Waals surface area contributed by atoms with Gasteiger partial charge in [-0.15, -0.1) is 0 Å². The molecule has 0 radical (unpaired) electrons. The van der Waals surface area contributed by atoms with E-state index in [0.29, 0.717) is 12.1 Å². The van der Waals surface area contributed by atoms with Crippen molar-refractivity contribution in [3.63, 3.8) is 0 Å². The van der Waals surface area contributed by atoms with Crippen molar-refractivity contribution in [2.24, 2.45) is 0 Å². The summed E-state index contributed by atoms with van der Waals surface area (Å²) in [4.78, 5) is 0. The quantitative estimate of drug-likeness (QED) is 0.761. The monoisotopic (exact) mass is 236 g/mol. The molecule has 1 rings (SSSR count). The summed E-state index contributed by atoms with van der Waals surface area (Å²) in [5, 5.41) is 6.90. The predicted octanol–water partition coefficient (Wildman–Crippen LogP) is 2.17. The minimum atomic E-state index is 0.447. The van der Waals surface area contributed by atoms with Crippen LogP contribution in [0, 0.1) is 0 Å². The van der Waals surface area contributed by atoms with Gasteiger partial charge in [-0.2, -0.15) is 0 Å². The average molecular weight is 236 g/mol. The maximum Gasteiger partial charge on any atom is 0.123 e. The molecule has 1 aromatic rings. The molecule has 2 N–H and O–H groups in total. The highest BCUT2D eigenvalue weighted by molar-refractivity contribution is 5.32. The van der Waals surface area contributed by atoms with Gasteiger partial charge in [0.1, 0.15) is 5.75 Å². The summed E-state index contributed by atoms with van der Waals surface area (Å²) in [6.07, 6.45) is 0. The first-order chi connectivity index (χ1) is 8.13. The summed E-state index contributed by atoms with van der Waals surface area (Å²) >= 11 is 0. The number of nitrogens with one attached hydrogen (secondary N) is 2. The van der Waals surface area contributed by atoms with E-state index in [0.717, 1.165) is 18.8 Å². The van der Waals surface area contributed by atoms with E-state index >= 15 is 0 Å². The van der Waals surface area contributed by atoms with Crippen LogP contribution in [0.3, 0.4) is 0 Å². The van der Waals surface area contributed by atoms with Crippen LogP contribution < -0.4 is 15.4 Å². The molecule has 0 bridgehead atoms. The fraction of sp³-hybridized carbons (Fsp3) is 0.571. The van der Waals surface area contributed by atoms with Crippen molar-refractivity contribution in [2.75, 3.05) is 13.7 Å². The molecule has 1 aromatic carbocycles. The molecule has 1 atom stereocenters. The third-order valence-corrected chi connectivity index (χ3v) is 2.67. The summed E-state index contributed by atoms with van der Waals surface area (Å²) in [5.41, 5.74) is 1.20. The minimum absolute atomic E-state index is 0.447. The van der Waals surface area contributed by atoms with Crippen LogP contribution >= 0.6 is 0 Å². The van der Waals surface area contributed by atoms with Crippen LogP contribution in [0.15, 0.2) is 24.3 Å². The van der Waals surface area contributed by atoms with E-state index in [9.17, 15) is 0 Å². The second-order valence-corrected chi connectivity index (χ2v) is 4.66. The largest absolute Gasteiger partial charge is 0.496 e. The lowest BCUT2D eigenvalue weighted by Gasteiger charge is -2.17. The summed E-state index contributed by atoms with van der Waals surface area (Å²) < 4.78 is 5.32. The topological polar surface area (TPSA) is 33.3 Å². The van der Waals surface area contributed by atoms with Crippen LogP contribution in [-0.2, 0) is 6.54 Å². The maximum atomic E-state index is 5.32. The number of ether oxygens (including phenoxy) is 1. The first kappa shape index (κ1) is 14.0. The molecular weight excluding hydrogens is 212 g/mol. The van der Waals surface area contributed by atoms with Gasteiger partial charge in [-0.05, 0) is 13.0 Å². The Morgan fingerprint density at radius 2 is 1.82 bits per heavy atom. The van der Waals surface area contributed by atoms with Gasteiger partial charge in [0.05, 0.1) is 7.11 Å². The third kappa shape index (κ3) is 5.20. The SMILES string of the molecule is COc1ccccc1CNC(C)CNC(C)C. The molecule has 1 unspecified atom stereocenters. The zero-order valence-electron chi connectivity index (χ0n) is 11.3. The van der Waals surface area contributed by atoms with Gasteiger partial charge in [-0.1, -0.05) is 32.0 Å². The maximum absolute atomic E-state index is 5.32. The second kappa shape index (κ2) is 7.30. The average Bonchev–Trinajstić information content (AvgIpc) is 2.34. The molecule has 96 valence electrons. The van der Waals surface area contributed by atoms with Crippen molar-refractivity contribution in [1.82, 2.24) is 10.6 Å². The molecule has 3 heteroatoms. The number of hydrogen-bond donors (Lipinski definition) is 2. The molecule has 0 spiro atoms. The lowest BCUT2D eigenvalue weighted by atomic mass is 10.2. The van der Waals surface area contributed by atoms with Crippen LogP contribution in [0.5, 0.6) is 5.75 Å². The molecule has 17 heavy (non-hydrogen) atoms. The highest BCUT2D eigenvalue weighted by atomic mass is 16.5. The highest BCUT2D eigenvalue weighted by Crippen LogP contribution is 2.16. The number of methoxy groups -OCH3 is 1. The van der Waals surface area contributed by atoms with Crippen LogP contribution in [0.1, 0.15) is 26.3 Å². The Bertz CT molecular complexity index is 326. The van der Waals surface area contributed by atoms with Gasteiger partial charge in [0.25, 0.3) is 0 Å². The fourth-order valence-corrected chi connectivity index (χ4v) is 1.62. The lowest BCUT2D eigenvalue weighted by Crippen LogP contribution is -2.38. The van der Waals surface area contributed by atoms with Gasteiger partial charge >= 0.3 is 0 Å². The van der Waals surface area contributed by atoms with E-state index < -0.39 is 0 Å². The molecule has 0 fully saturated rings. The molecule has 3 nitrogen and oxygen atoms in total. The summed E-state index contributed by atoms with van der Waals surface area (Å²) in [7, 11) is 1.71. The molecule has 0 amide bonds. The lowest BCUT2D eigenvalue weighted by molar-refractivity contribution is 0.404. The Morgan fingerprint density at radius 3 is 2.47 bits per heavy atom. The zero-order chi connectivity index (χ0) is 12.7. The fourth-order valence-electron chi connectivity index (χ4n) is 1.62. The Kier molecular flexibility index (Phi) is 6.01. The molecular formula is C14H24N2O. The highest BCUT2D eigenvalue weighted by Gasteiger charge is 2.05. The number of para-hydroxylation sites is 1. The smallest absolute Gasteiger partial charge is 0.123 e. The van der Waals surface area contributed by atoms with Crippen LogP contribution in [0.4, 0.5) is 0 Å². The molecule has 0 aliphatic carbocycles. The van der Waals surface area contributed by atoms with E-state index in [1.54, 1.807) is 7.11 Å². The van der Waals surface area contributed by atoms with E-state index in [1.165, 1.54) is 5.56 Å². The number of hydrogen-bond acceptors (Lipinski definition) is 3. The van der Waals surface area contributed by atoms with Gasteiger partial charge in [0.15, 0.2) is 0 Å². The Hall–Kier alpha value is -1.06. The molecule has 0 saturated carbocycles. The van der Waals surface area contributed by atoms with Gasteiger partial charge in [0.2, 0.25) is 0 Å². The van der Waals surface area contributed by atoms with Crippen molar-refractivity contribution in [1.29, 1.82) is 0 Å². The van der Waals surface area contributed by atoms with E-state index in [2.05, 4.69) is 37.5 Å². The standard InChI is InChI=1S/C14H24N2O/c1-11(2)15-9-12(3)16-10-13-7-5-6-8-14(13)17-4/h5-8,11-12,15-16H,9-10H2,1-4H3. The predicted molar refractivity (Wildman–Crippen MR) is 72.4 cm³/mol. The molecule has 0 saturated heterocycles. The first-order valence-corrected chi connectivity index (χ1v) is 6.22. The molecule has 0 heterocycles. The van der Waals surface area contributed by atoms with Crippen molar-refractivity contribution in [3.05, 3.63) is 29.8 Å². The summed E-state index contributed by atoms with van der Waals surface area (Å²) in [5.74, 6) is 0.948. The molecule has 0 aliphatic rings. The number of rotatable bonds is 7. The van der Waals surface area contributed by atoms with Gasteiger partial charge in [-0.3, -0.25) is 0 Å². The zero-order valence-corrected chi connectivity index (χ0v) is 11.3. The van der Waals surface area contributed by atoms with E-state index in [1.807, 2.05) is 18.2 Å². The summed E-state index contributed by atoms with van der Waals surface area (Å²) in [6.45, 7) is 8.32. The minimum Gasteiger partial charge on any atom is -0.496 e. The Labute approximate surface area is 105 Å². The second-order valence-electron chi connectivity index (χ2n) is 4.66. The Morgan fingerprint density at radius 1 is 1.12 bits per heavy atom. The van der Waals surface area contributed by atoms with Gasteiger partial charge in [-0.25, -0.2) is 0 Å². The van der Waals surface area contributed by atoms with Crippen molar-refractivity contribution >= 4 is 0 Å². The van der Waals surface area contributed by atoms with Crippen molar-refractivity contribution in [2.45, 2.75) is 39.4 Å². The molecule has 0 aliphatic heterocycles. The van der Waals surface area contributed by atoms with Crippen molar-refractivity contribution < 1.29 is 4.74 Å². The van der Waals surface area contributed by atoms with E-state index in [-0.39, 0.29) is 0 Å². The first-order valence-electron chi connectivity index (χ1n) is 6.22. The van der Waals surface area contributed by atoms with Gasteiger partial charge in [0, 0.05) is 30.7 Å². The molecule has 0 aromatic heterocycles.